The molecule has 1 N–H and O–H groups in total. The highest BCUT2D eigenvalue weighted by Crippen LogP contribution is 2.25. The second kappa shape index (κ2) is 10.3. The number of methoxy groups -OCH3 is 1. The summed E-state index contributed by atoms with van der Waals surface area (Å²) < 4.78 is 31.3. The van der Waals surface area contributed by atoms with E-state index in [0.717, 1.165) is 19.1 Å². The van der Waals surface area contributed by atoms with Gasteiger partial charge in [-0.2, -0.15) is 0 Å². The summed E-state index contributed by atoms with van der Waals surface area (Å²) in [5.41, 5.74) is 1.64. The Hall–Kier alpha value is -2.54. The first kappa shape index (κ1) is 22.7. The van der Waals surface area contributed by atoms with Crippen LogP contribution in [0.2, 0.25) is 0 Å². The molecule has 0 aliphatic rings. The molecule has 158 valence electrons. The van der Waals surface area contributed by atoms with Gasteiger partial charge in [-0.3, -0.25) is 9.10 Å². The Kier molecular flexibility index (Phi) is 8.08. The normalized spacial score (nSPS) is 13.4. The Bertz CT molecular complexity index is 883. The fourth-order valence-corrected chi connectivity index (χ4v) is 4.44. The Morgan fingerprint density at radius 3 is 2.24 bits per heavy atom. The molecule has 6 nitrogen and oxygen atoms in total. The average Bonchev–Trinajstić information content (AvgIpc) is 2.70. The number of hydrogen-bond acceptors (Lipinski definition) is 4. The van der Waals surface area contributed by atoms with Gasteiger partial charge in [0, 0.05) is 6.04 Å². The van der Waals surface area contributed by atoms with Crippen LogP contribution in [0, 0.1) is 0 Å². The van der Waals surface area contributed by atoms with Crippen molar-refractivity contribution < 1.29 is 17.9 Å². The second-order valence-corrected chi connectivity index (χ2v) is 8.97. The SMILES string of the molecule is CC[C@@H](C(=O)N[C@H](C)CCc1ccccc1)N(c1ccc(OC)cc1)S(C)(=O)=O. The van der Waals surface area contributed by atoms with E-state index in [1.807, 2.05) is 25.1 Å². The summed E-state index contributed by atoms with van der Waals surface area (Å²) in [5, 5.41) is 2.98. The Labute approximate surface area is 173 Å². The minimum absolute atomic E-state index is 0.0750. The molecular weight excluding hydrogens is 388 g/mol. The van der Waals surface area contributed by atoms with Crippen molar-refractivity contribution in [1.82, 2.24) is 5.32 Å². The van der Waals surface area contributed by atoms with Crippen LogP contribution in [0.5, 0.6) is 5.75 Å². The molecule has 0 saturated carbocycles. The monoisotopic (exact) mass is 418 g/mol. The Balaban J connectivity index is 2.12. The van der Waals surface area contributed by atoms with Crippen molar-refractivity contribution in [3.63, 3.8) is 0 Å². The van der Waals surface area contributed by atoms with Crippen LogP contribution in [0.15, 0.2) is 54.6 Å². The van der Waals surface area contributed by atoms with Gasteiger partial charge in [-0.15, -0.1) is 0 Å². The molecule has 0 unspecified atom stereocenters. The van der Waals surface area contributed by atoms with E-state index in [1.165, 1.54) is 9.87 Å². The van der Waals surface area contributed by atoms with E-state index < -0.39 is 16.1 Å². The summed E-state index contributed by atoms with van der Waals surface area (Å²) >= 11 is 0. The average molecular weight is 419 g/mol. The number of benzene rings is 2. The van der Waals surface area contributed by atoms with Crippen LogP contribution in [0.3, 0.4) is 0 Å². The van der Waals surface area contributed by atoms with E-state index in [2.05, 4.69) is 17.4 Å². The van der Waals surface area contributed by atoms with Gasteiger partial charge in [0.1, 0.15) is 11.8 Å². The minimum Gasteiger partial charge on any atom is -0.497 e. The van der Waals surface area contributed by atoms with E-state index >= 15 is 0 Å². The molecule has 1 amide bonds. The third-order valence-corrected chi connectivity index (χ3v) is 5.93. The maximum Gasteiger partial charge on any atom is 0.244 e. The summed E-state index contributed by atoms with van der Waals surface area (Å²) in [4.78, 5) is 12.9. The van der Waals surface area contributed by atoms with Gasteiger partial charge in [-0.25, -0.2) is 8.42 Å². The fraction of sp³-hybridized carbons (Fsp3) is 0.409. The maximum atomic E-state index is 12.9. The molecular formula is C22H30N2O4S. The molecule has 0 aliphatic heterocycles. The van der Waals surface area contributed by atoms with Crippen LogP contribution in [-0.2, 0) is 21.2 Å². The van der Waals surface area contributed by atoms with E-state index in [4.69, 9.17) is 4.74 Å². The summed E-state index contributed by atoms with van der Waals surface area (Å²) in [5.74, 6) is 0.323. The molecule has 0 spiro atoms. The molecule has 0 aromatic heterocycles. The van der Waals surface area contributed by atoms with Crippen LogP contribution >= 0.6 is 0 Å². The number of rotatable bonds is 10. The van der Waals surface area contributed by atoms with Gasteiger partial charge < -0.3 is 10.1 Å². The largest absolute Gasteiger partial charge is 0.497 e. The predicted molar refractivity (Wildman–Crippen MR) is 117 cm³/mol. The van der Waals surface area contributed by atoms with Crippen LogP contribution < -0.4 is 14.4 Å². The number of nitrogens with zero attached hydrogens (tertiary/aromatic N) is 1. The summed E-state index contributed by atoms with van der Waals surface area (Å²) in [6, 6.07) is 15.8. The third kappa shape index (κ3) is 6.49. The lowest BCUT2D eigenvalue weighted by atomic mass is 10.1. The molecule has 0 heterocycles. The van der Waals surface area contributed by atoms with Gasteiger partial charge >= 0.3 is 0 Å². The Morgan fingerprint density at radius 1 is 1.10 bits per heavy atom. The van der Waals surface area contributed by atoms with E-state index in [1.54, 1.807) is 38.3 Å². The lowest BCUT2D eigenvalue weighted by molar-refractivity contribution is -0.122. The highest BCUT2D eigenvalue weighted by Gasteiger charge is 2.32. The molecule has 0 saturated heterocycles. The molecule has 29 heavy (non-hydrogen) atoms. The molecule has 0 bridgehead atoms. The number of hydrogen-bond donors (Lipinski definition) is 1. The molecule has 2 aromatic rings. The zero-order valence-corrected chi connectivity index (χ0v) is 18.3. The first-order valence-electron chi connectivity index (χ1n) is 9.74. The van der Waals surface area contributed by atoms with Gasteiger partial charge in [0.15, 0.2) is 0 Å². The molecule has 0 aliphatic carbocycles. The molecule has 7 heteroatoms. The van der Waals surface area contributed by atoms with Crippen LogP contribution in [-0.4, -0.2) is 39.8 Å². The van der Waals surface area contributed by atoms with Crippen LogP contribution in [0.4, 0.5) is 5.69 Å². The van der Waals surface area contributed by atoms with Gasteiger partial charge in [0.2, 0.25) is 15.9 Å². The van der Waals surface area contributed by atoms with Gasteiger partial charge in [-0.05, 0) is 56.0 Å². The number of sulfonamides is 1. The van der Waals surface area contributed by atoms with Crippen molar-refractivity contribution >= 4 is 21.6 Å². The highest BCUT2D eigenvalue weighted by atomic mass is 32.2. The fourth-order valence-electron chi connectivity index (χ4n) is 3.23. The number of amides is 1. The molecule has 0 fully saturated rings. The molecule has 2 atom stereocenters. The summed E-state index contributed by atoms with van der Waals surface area (Å²) in [7, 11) is -2.11. The highest BCUT2D eigenvalue weighted by molar-refractivity contribution is 7.92. The number of carbonyl (C=O) groups is 1. The third-order valence-electron chi connectivity index (χ3n) is 4.75. The summed E-state index contributed by atoms with van der Waals surface area (Å²) in [6.45, 7) is 3.74. The topological polar surface area (TPSA) is 75.7 Å². The number of ether oxygens (including phenoxy) is 1. The maximum absolute atomic E-state index is 12.9. The van der Waals surface area contributed by atoms with E-state index in [0.29, 0.717) is 17.9 Å². The van der Waals surface area contributed by atoms with Gasteiger partial charge in [-0.1, -0.05) is 37.3 Å². The molecule has 2 aromatic carbocycles. The zero-order chi connectivity index (χ0) is 21.4. The number of anilines is 1. The number of aryl methyl sites for hydroxylation is 1. The van der Waals surface area contributed by atoms with Crippen molar-refractivity contribution in [1.29, 1.82) is 0 Å². The number of nitrogens with one attached hydrogen (secondary N) is 1. The lowest BCUT2D eigenvalue weighted by Crippen LogP contribution is -2.51. The smallest absolute Gasteiger partial charge is 0.244 e. The quantitative estimate of drug-likeness (QED) is 0.642. The van der Waals surface area contributed by atoms with Crippen LogP contribution in [0.1, 0.15) is 32.3 Å². The standard InChI is InChI=1S/C22H30N2O4S/c1-5-21(22(25)23-17(2)11-12-18-9-7-6-8-10-18)24(29(4,26)27)19-13-15-20(28-3)16-14-19/h6-10,13-17,21H,5,11-12H2,1-4H3,(H,23,25)/t17-,21+/m1/s1. The van der Waals surface area contributed by atoms with E-state index in [-0.39, 0.29) is 11.9 Å². The van der Waals surface area contributed by atoms with E-state index in [9.17, 15) is 13.2 Å². The molecule has 2 rings (SSSR count). The molecule has 0 radical (unpaired) electrons. The predicted octanol–water partition coefficient (Wildman–Crippen LogP) is 3.38. The zero-order valence-electron chi connectivity index (χ0n) is 17.5. The lowest BCUT2D eigenvalue weighted by Gasteiger charge is -2.31. The second-order valence-electron chi connectivity index (χ2n) is 7.11. The van der Waals surface area contributed by atoms with Crippen molar-refractivity contribution in [2.24, 2.45) is 0 Å². The van der Waals surface area contributed by atoms with Gasteiger partial charge in [0.25, 0.3) is 0 Å². The minimum atomic E-state index is -3.65. The number of carbonyl (C=O) groups excluding carboxylic acids is 1. The summed E-state index contributed by atoms with van der Waals surface area (Å²) in [6.07, 6.45) is 3.09. The van der Waals surface area contributed by atoms with Crippen molar-refractivity contribution in [2.75, 3.05) is 17.7 Å². The van der Waals surface area contributed by atoms with Crippen LogP contribution in [0.25, 0.3) is 0 Å². The Morgan fingerprint density at radius 2 is 1.72 bits per heavy atom. The first-order valence-corrected chi connectivity index (χ1v) is 11.6. The van der Waals surface area contributed by atoms with Gasteiger partial charge in [0.05, 0.1) is 19.1 Å². The first-order chi connectivity index (χ1) is 13.8. The van der Waals surface area contributed by atoms with Crippen molar-refractivity contribution in [2.45, 2.75) is 45.2 Å². The van der Waals surface area contributed by atoms with Crippen molar-refractivity contribution in [3.05, 3.63) is 60.2 Å². The van der Waals surface area contributed by atoms with Crippen molar-refractivity contribution in [3.8, 4) is 5.75 Å².